The molecule has 0 aliphatic carbocycles. The Morgan fingerprint density at radius 1 is 1.33 bits per heavy atom. The van der Waals surface area contributed by atoms with E-state index < -0.39 is 11.5 Å². The van der Waals surface area contributed by atoms with Crippen molar-refractivity contribution in [3.63, 3.8) is 0 Å². The van der Waals surface area contributed by atoms with Crippen LogP contribution in [0.5, 0.6) is 5.75 Å². The Hall–Kier alpha value is -2.30. The lowest BCUT2D eigenvalue weighted by molar-refractivity contribution is 0.0998. The van der Waals surface area contributed by atoms with Gasteiger partial charge in [0.25, 0.3) is 5.91 Å². The predicted octanol–water partition coefficient (Wildman–Crippen LogP) is 0.597. The second-order valence-corrected chi connectivity index (χ2v) is 3.03. The standard InChI is InChI=1S/C10H7NO4/c11-10(14)6-3-5-1-2-9(13)15-8(5)4-7(6)12/h1-4,12H,(H2,11,14). The molecule has 15 heavy (non-hydrogen) atoms. The Kier molecular flexibility index (Phi) is 1.93. The van der Waals surface area contributed by atoms with Crippen LogP contribution < -0.4 is 11.4 Å². The molecule has 0 saturated carbocycles. The van der Waals surface area contributed by atoms with Crippen LogP contribution in [-0.2, 0) is 0 Å². The van der Waals surface area contributed by atoms with Crippen LogP contribution in [0.25, 0.3) is 11.0 Å². The monoisotopic (exact) mass is 205 g/mol. The van der Waals surface area contributed by atoms with Gasteiger partial charge in [-0.05, 0) is 12.1 Å². The van der Waals surface area contributed by atoms with Gasteiger partial charge >= 0.3 is 5.63 Å². The highest BCUT2D eigenvalue weighted by Gasteiger charge is 2.09. The van der Waals surface area contributed by atoms with Crippen LogP contribution in [0.1, 0.15) is 10.4 Å². The third-order valence-corrected chi connectivity index (χ3v) is 2.00. The van der Waals surface area contributed by atoms with Crippen molar-refractivity contribution in [1.82, 2.24) is 0 Å². The Labute approximate surface area is 83.7 Å². The van der Waals surface area contributed by atoms with E-state index in [0.29, 0.717) is 5.39 Å². The number of nitrogens with two attached hydrogens (primary N) is 1. The summed E-state index contributed by atoms with van der Waals surface area (Å²) in [7, 11) is 0. The van der Waals surface area contributed by atoms with E-state index in [4.69, 9.17) is 10.2 Å². The van der Waals surface area contributed by atoms with Gasteiger partial charge in [-0.1, -0.05) is 0 Å². The SMILES string of the molecule is NC(=O)c1cc2ccc(=O)oc2cc1O. The summed E-state index contributed by atoms with van der Waals surface area (Å²) in [4.78, 5) is 21.8. The summed E-state index contributed by atoms with van der Waals surface area (Å²) in [5, 5.41) is 9.94. The molecule has 3 N–H and O–H groups in total. The normalized spacial score (nSPS) is 10.4. The minimum absolute atomic E-state index is 0.00338. The zero-order valence-corrected chi connectivity index (χ0v) is 7.56. The van der Waals surface area contributed by atoms with Crippen molar-refractivity contribution in [2.45, 2.75) is 0 Å². The lowest BCUT2D eigenvalue weighted by Crippen LogP contribution is -2.11. The third kappa shape index (κ3) is 1.54. The highest BCUT2D eigenvalue weighted by atomic mass is 16.4. The van der Waals surface area contributed by atoms with Crippen molar-refractivity contribution < 1.29 is 14.3 Å². The van der Waals surface area contributed by atoms with Gasteiger partial charge in [-0.25, -0.2) is 4.79 Å². The Morgan fingerprint density at radius 3 is 2.73 bits per heavy atom. The molecule has 0 unspecified atom stereocenters. The second kappa shape index (κ2) is 3.13. The van der Waals surface area contributed by atoms with Crippen LogP contribution in [-0.4, -0.2) is 11.0 Å². The summed E-state index contributed by atoms with van der Waals surface area (Å²) >= 11 is 0. The van der Waals surface area contributed by atoms with Gasteiger partial charge in [-0.15, -0.1) is 0 Å². The lowest BCUT2D eigenvalue weighted by Gasteiger charge is -2.01. The van der Waals surface area contributed by atoms with Crippen molar-refractivity contribution in [2.24, 2.45) is 5.73 Å². The number of carbonyl (C=O) groups excluding carboxylic acids is 1. The maximum Gasteiger partial charge on any atom is 0.336 e. The number of aromatic hydroxyl groups is 1. The molecule has 0 bridgehead atoms. The third-order valence-electron chi connectivity index (χ3n) is 2.00. The number of hydrogen-bond donors (Lipinski definition) is 2. The Balaban J connectivity index is 2.82. The van der Waals surface area contributed by atoms with E-state index in [1.165, 1.54) is 24.3 Å². The molecular formula is C10H7NO4. The maximum absolute atomic E-state index is 10.9. The van der Waals surface area contributed by atoms with E-state index in [9.17, 15) is 14.7 Å². The van der Waals surface area contributed by atoms with Gasteiger partial charge in [0.15, 0.2) is 0 Å². The van der Waals surface area contributed by atoms with E-state index in [-0.39, 0.29) is 16.9 Å². The number of phenols is 1. The number of fused-ring (bicyclic) bond motifs is 1. The van der Waals surface area contributed by atoms with Gasteiger partial charge in [0.1, 0.15) is 11.3 Å². The van der Waals surface area contributed by atoms with Crippen molar-refractivity contribution >= 4 is 16.9 Å². The van der Waals surface area contributed by atoms with Crippen LogP contribution in [0.3, 0.4) is 0 Å². The van der Waals surface area contributed by atoms with E-state index in [2.05, 4.69) is 0 Å². The highest BCUT2D eigenvalue weighted by molar-refractivity contribution is 5.99. The molecule has 2 rings (SSSR count). The number of hydrogen-bond acceptors (Lipinski definition) is 4. The molecule has 5 heteroatoms. The van der Waals surface area contributed by atoms with Crippen molar-refractivity contribution in [2.75, 3.05) is 0 Å². The van der Waals surface area contributed by atoms with Crippen LogP contribution in [0.15, 0.2) is 33.5 Å². The fourth-order valence-electron chi connectivity index (χ4n) is 1.30. The summed E-state index contributed by atoms with van der Waals surface area (Å²) in [5.41, 5.74) is 4.73. The summed E-state index contributed by atoms with van der Waals surface area (Å²) in [6.07, 6.45) is 0. The molecule has 1 aromatic heterocycles. The van der Waals surface area contributed by atoms with Crippen LogP contribution in [0.2, 0.25) is 0 Å². The first kappa shape index (κ1) is 9.26. The number of carbonyl (C=O) groups is 1. The van der Waals surface area contributed by atoms with E-state index in [1.54, 1.807) is 0 Å². The number of amides is 1. The van der Waals surface area contributed by atoms with Gasteiger partial charge in [0.2, 0.25) is 0 Å². The largest absolute Gasteiger partial charge is 0.507 e. The first-order valence-corrected chi connectivity index (χ1v) is 4.14. The molecule has 76 valence electrons. The molecule has 2 aromatic rings. The average molecular weight is 205 g/mol. The van der Waals surface area contributed by atoms with Crippen LogP contribution in [0.4, 0.5) is 0 Å². The smallest absolute Gasteiger partial charge is 0.336 e. The van der Waals surface area contributed by atoms with Gasteiger partial charge in [0, 0.05) is 17.5 Å². The molecule has 0 fully saturated rings. The zero-order valence-electron chi connectivity index (χ0n) is 7.56. The molecule has 0 radical (unpaired) electrons. The van der Waals surface area contributed by atoms with Crippen molar-refractivity contribution in [3.8, 4) is 5.75 Å². The predicted molar refractivity (Wildman–Crippen MR) is 52.7 cm³/mol. The molecule has 1 heterocycles. The topological polar surface area (TPSA) is 93.5 Å². The molecule has 1 amide bonds. The molecular weight excluding hydrogens is 198 g/mol. The quantitative estimate of drug-likeness (QED) is 0.666. The molecule has 1 aromatic carbocycles. The average Bonchev–Trinajstić information content (AvgIpc) is 2.15. The summed E-state index contributed by atoms with van der Waals surface area (Å²) in [5.74, 6) is -1.04. The molecule has 0 aliphatic rings. The Bertz CT molecular complexity index is 600. The van der Waals surface area contributed by atoms with Gasteiger partial charge < -0.3 is 15.3 Å². The van der Waals surface area contributed by atoms with E-state index in [1.807, 2.05) is 0 Å². The fourth-order valence-corrected chi connectivity index (χ4v) is 1.30. The summed E-state index contributed by atoms with van der Waals surface area (Å²) in [6.45, 7) is 0. The van der Waals surface area contributed by atoms with Crippen LogP contribution >= 0.6 is 0 Å². The summed E-state index contributed by atoms with van der Waals surface area (Å²) in [6, 6.07) is 5.28. The molecule has 0 atom stereocenters. The fraction of sp³-hybridized carbons (Fsp3) is 0. The molecule has 0 spiro atoms. The second-order valence-electron chi connectivity index (χ2n) is 3.03. The molecule has 5 nitrogen and oxygen atoms in total. The Morgan fingerprint density at radius 2 is 2.07 bits per heavy atom. The summed E-state index contributed by atoms with van der Waals surface area (Å²) < 4.78 is 4.81. The number of rotatable bonds is 1. The first-order chi connectivity index (χ1) is 7.08. The van der Waals surface area contributed by atoms with Gasteiger partial charge in [0.05, 0.1) is 5.56 Å². The highest BCUT2D eigenvalue weighted by Crippen LogP contribution is 2.23. The molecule has 0 saturated heterocycles. The zero-order chi connectivity index (χ0) is 11.0. The van der Waals surface area contributed by atoms with Crippen molar-refractivity contribution in [3.05, 3.63) is 40.2 Å². The van der Waals surface area contributed by atoms with Gasteiger partial charge in [-0.2, -0.15) is 0 Å². The van der Waals surface area contributed by atoms with Gasteiger partial charge in [-0.3, -0.25) is 4.79 Å². The van der Waals surface area contributed by atoms with E-state index in [0.717, 1.165) is 0 Å². The number of benzene rings is 1. The van der Waals surface area contributed by atoms with Crippen molar-refractivity contribution in [1.29, 1.82) is 0 Å². The lowest BCUT2D eigenvalue weighted by atomic mass is 10.1. The minimum Gasteiger partial charge on any atom is -0.507 e. The first-order valence-electron chi connectivity index (χ1n) is 4.14. The minimum atomic E-state index is -0.736. The number of primary amides is 1. The van der Waals surface area contributed by atoms with E-state index >= 15 is 0 Å². The van der Waals surface area contributed by atoms with Crippen LogP contribution in [0, 0.1) is 0 Å². The maximum atomic E-state index is 10.9. The molecule has 0 aliphatic heterocycles.